The number of carbonyl (C=O) groups is 1. The van der Waals surface area contributed by atoms with Crippen molar-refractivity contribution >= 4 is 5.78 Å². The van der Waals surface area contributed by atoms with E-state index in [1.54, 1.807) is 6.92 Å². The standard InChI is InChI=1S/C22H32N2O2/c1-6-23(7-2)19-16-15-18(20(25)17-13-11-10-12-14-17)22(5,26)21(19)24(8-3)9-4/h10-16,18,26H,6-9H2,1-5H3. The minimum absolute atomic E-state index is 0.0462. The highest BCUT2D eigenvalue weighted by Gasteiger charge is 2.45. The number of Topliss-reactive ketones (excluding diaryl/α,β-unsaturated/α-hetero) is 1. The van der Waals surface area contributed by atoms with E-state index in [-0.39, 0.29) is 5.78 Å². The van der Waals surface area contributed by atoms with Gasteiger partial charge in [0, 0.05) is 31.7 Å². The van der Waals surface area contributed by atoms with Crippen molar-refractivity contribution in [1.29, 1.82) is 0 Å². The van der Waals surface area contributed by atoms with E-state index < -0.39 is 11.5 Å². The van der Waals surface area contributed by atoms with Crippen molar-refractivity contribution in [1.82, 2.24) is 9.80 Å². The topological polar surface area (TPSA) is 43.8 Å². The lowest BCUT2D eigenvalue weighted by atomic mass is 9.76. The van der Waals surface area contributed by atoms with Gasteiger partial charge in [0.05, 0.1) is 17.3 Å². The maximum absolute atomic E-state index is 13.1. The summed E-state index contributed by atoms with van der Waals surface area (Å²) < 4.78 is 0. The summed E-state index contributed by atoms with van der Waals surface area (Å²) in [6, 6.07) is 9.24. The summed E-state index contributed by atoms with van der Waals surface area (Å²) in [6.45, 7) is 13.4. The SMILES string of the molecule is CCN(CC)C1=C(N(CC)CC)C(C)(O)C(C(=O)c2ccccc2)C=C1. The highest BCUT2D eigenvalue weighted by Crippen LogP contribution is 2.38. The third-order valence-corrected chi connectivity index (χ3v) is 5.30. The predicted octanol–water partition coefficient (Wildman–Crippen LogP) is 3.70. The molecule has 4 nitrogen and oxygen atoms in total. The van der Waals surface area contributed by atoms with E-state index in [1.165, 1.54) is 0 Å². The first-order valence-electron chi connectivity index (χ1n) is 9.66. The molecule has 0 radical (unpaired) electrons. The zero-order valence-corrected chi connectivity index (χ0v) is 16.7. The van der Waals surface area contributed by atoms with E-state index in [1.807, 2.05) is 42.5 Å². The number of hydrogen-bond acceptors (Lipinski definition) is 4. The first kappa shape index (κ1) is 20.2. The maximum Gasteiger partial charge on any atom is 0.173 e. The number of benzene rings is 1. The van der Waals surface area contributed by atoms with Crippen molar-refractivity contribution in [2.45, 2.75) is 40.2 Å². The van der Waals surface area contributed by atoms with Crippen LogP contribution < -0.4 is 0 Å². The largest absolute Gasteiger partial charge is 0.383 e. The molecule has 0 bridgehead atoms. The van der Waals surface area contributed by atoms with Gasteiger partial charge < -0.3 is 14.9 Å². The Balaban J connectivity index is 2.54. The molecule has 1 aliphatic rings. The molecule has 0 aliphatic heterocycles. The van der Waals surface area contributed by atoms with Crippen LogP contribution in [0.3, 0.4) is 0 Å². The van der Waals surface area contributed by atoms with E-state index in [4.69, 9.17) is 0 Å². The lowest BCUT2D eigenvalue weighted by Crippen LogP contribution is -2.50. The molecule has 1 aromatic rings. The quantitative estimate of drug-likeness (QED) is 0.721. The van der Waals surface area contributed by atoms with Crippen LogP contribution in [0.25, 0.3) is 0 Å². The molecule has 142 valence electrons. The molecule has 4 heteroatoms. The zero-order valence-electron chi connectivity index (χ0n) is 16.7. The Morgan fingerprint density at radius 3 is 2.04 bits per heavy atom. The summed E-state index contributed by atoms with van der Waals surface area (Å²) in [6.07, 6.45) is 3.89. The van der Waals surface area contributed by atoms with Crippen LogP contribution in [0.15, 0.2) is 53.9 Å². The number of carbonyl (C=O) groups excluding carboxylic acids is 1. The van der Waals surface area contributed by atoms with Crippen LogP contribution in [0, 0.1) is 5.92 Å². The van der Waals surface area contributed by atoms with Crippen LogP contribution in [0.5, 0.6) is 0 Å². The molecule has 26 heavy (non-hydrogen) atoms. The first-order chi connectivity index (χ1) is 12.4. The molecule has 2 unspecified atom stereocenters. The Bertz CT molecular complexity index is 669. The fraction of sp³-hybridized carbons (Fsp3) is 0.500. The number of ketones is 1. The maximum atomic E-state index is 13.1. The Morgan fingerprint density at radius 2 is 1.54 bits per heavy atom. The molecule has 0 amide bonds. The summed E-state index contributed by atoms with van der Waals surface area (Å²) in [5.41, 5.74) is 1.24. The van der Waals surface area contributed by atoms with Gasteiger partial charge in [-0.2, -0.15) is 0 Å². The fourth-order valence-corrected chi connectivity index (χ4v) is 3.83. The van der Waals surface area contributed by atoms with Crippen molar-refractivity contribution in [3.63, 3.8) is 0 Å². The van der Waals surface area contributed by atoms with Crippen LogP contribution in [0.2, 0.25) is 0 Å². The van der Waals surface area contributed by atoms with Gasteiger partial charge in [-0.25, -0.2) is 0 Å². The molecule has 0 fully saturated rings. The highest BCUT2D eigenvalue weighted by molar-refractivity contribution is 6.00. The van der Waals surface area contributed by atoms with E-state index in [0.717, 1.165) is 37.6 Å². The summed E-state index contributed by atoms with van der Waals surface area (Å²) in [4.78, 5) is 17.5. The molecule has 2 rings (SSSR count). The molecular formula is C22H32N2O2. The molecule has 0 saturated heterocycles. The monoisotopic (exact) mass is 356 g/mol. The van der Waals surface area contributed by atoms with E-state index in [9.17, 15) is 9.90 Å². The second-order valence-corrected chi connectivity index (χ2v) is 6.79. The summed E-state index contributed by atoms with van der Waals surface area (Å²) in [7, 11) is 0. The van der Waals surface area contributed by atoms with Gasteiger partial charge in [0.25, 0.3) is 0 Å². The highest BCUT2D eigenvalue weighted by atomic mass is 16.3. The third-order valence-electron chi connectivity index (χ3n) is 5.30. The summed E-state index contributed by atoms with van der Waals surface area (Å²) in [5.74, 6) is -0.644. The van der Waals surface area contributed by atoms with Crippen LogP contribution in [-0.2, 0) is 0 Å². The molecule has 1 aromatic carbocycles. The van der Waals surface area contributed by atoms with Crippen molar-refractivity contribution in [2.24, 2.45) is 5.92 Å². The molecule has 1 N–H and O–H groups in total. The van der Waals surface area contributed by atoms with E-state index in [0.29, 0.717) is 5.56 Å². The minimum Gasteiger partial charge on any atom is -0.383 e. The average Bonchev–Trinajstić information content (AvgIpc) is 2.65. The van der Waals surface area contributed by atoms with Crippen molar-refractivity contribution in [3.8, 4) is 0 Å². The molecule has 0 saturated carbocycles. The number of hydrogen-bond donors (Lipinski definition) is 1. The van der Waals surface area contributed by atoms with Crippen LogP contribution in [-0.4, -0.2) is 52.5 Å². The normalized spacial score (nSPS) is 22.5. The number of allylic oxidation sites excluding steroid dienone is 1. The Labute approximate surface area is 157 Å². The second-order valence-electron chi connectivity index (χ2n) is 6.79. The molecule has 1 aliphatic carbocycles. The molecular weight excluding hydrogens is 324 g/mol. The number of nitrogens with zero attached hydrogens (tertiary/aromatic N) is 2. The van der Waals surface area contributed by atoms with Gasteiger partial charge in [-0.1, -0.05) is 36.4 Å². The van der Waals surface area contributed by atoms with Gasteiger partial charge in [0.1, 0.15) is 5.60 Å². The number of aliphatic hydroxyl groups is 1. The number of rotatable bonds is 8. The predicted molar refractivity (Wildman–Crippen MR) is 107 cm³/mol. The van der Waals surface area contributed by atoms with E-state index in [2.05, 4.69) is 37.5 Å². The van der Waals surface area contributed by atoms with Gasteiger partial charge in [-0.15, -0.1) is 0 Å². The second kappa shape index (κ2) is 8.54. The molecule has 0 heterocycles. The van der Waals surface area contributed by atoms with Crippen molar-refractivity contribution < 1.29 is 9.90 Å². The fourth-order valence-electron chi connectivity index (χ4n) is 3.83. The molecule has 0 spiro atoms. The van der Waals surface area contributed by atoms with Crippen LogP contribution >= 0.6 is 0 Å². The smallest absolute Gasteiger partial charge is 0.173 e. The van der Waals surface area contributed by atoms with Gasteiger partial charge in [-0.3, -0.25) is 4.79 Å². The van der Waals surface area contributed by atoms with Gasteiger partial charge in [0.2, 0.25) is 0 Å². The Kier molecular flexibility index (Phi) is 6.65. The van der Waals surface area contributed by atoms with Crippen LogP contribution in [0.4, 0.5) is 0 Å². The van der Waals surface area contributed by atoms with Gasteiger partial charge in [0.15, 0.2) is 5.78 Å². The molecule has 0 aromatic heterocycles. The van der Waals surface area contributed by atoms with Crippen molar-refractivity contribution in [3.05, 3.63) is 59.4 Å². The van der Waals surface area contributed by atoms with Gasteiger partial charge in [-0.05, 0) is 40.7 Å². The number of likely N-dealkylation sites (N-methyl/N-ethyl adjacent to an activating group) is 2. The average molecular weight is 357 g/mol. The zero-order chi connectivity index (χ0) is 19.3. The lowest BCUT2D eigenvalue weighted by molar-refractivity contribution is 0.0211. The first-order valence-corrected chi connectivity index (χ1v) is 9.66. The van der Waals surface area contributed by atoms with Crippen LogP contribution in [0.1, 0.15) is 45.0 Å². The Morgan fingerprint density at radius 1 is 1.00 bits per heavy atom. The summed E-state index contributed by atoms with van der Waals surface area (Å²) in [5, 5.41) is 11.6. The Hall–Kier alpha value is -2.07. The molecule has 2 atom stereocenters. The van der Waals surface area contributed by atoms with Gasteiger partial charge >= 0.3 is 0 Å². The summed E-state index contributed by atoms with van der Waals surface area (Å²) >= 11 is 0. The minimum atomic E-state index is -1.26. The van der Waals surface area contributed by atoms with Crippen molar-refractivity contribution in [2.75, 3.05) is 26.2 Å². The van der Waals surface area contributed by atoms with E-state index >= 15 is 0 Å². The third kappa shape index (κ3) is 3.70. The lowest BCUT2D eigenvalue weighted by Gasteiger charge is -2.44.